The summed E-state index contributed by atoms with van der Waals surface area (Å²) in [6, 6.07) is 4.05. The van der Waals surface area contributed by atoms with Crippen LogP contribution in [0.3, 0.4) is 0 Å². The second-order valence-corrected chi connectivity index (χ2v) is 5.59. The maximum Gasteiger partial charge on any atom is 0.175 e. The molecule has 4 heteroatoms. The first kappa shape index (κ1) is 16.1. The van der Waals surface area contributed by atoms with Crippen molar-refractivity contribution in [3.05, 3.63) is 34.8 Å². The Labute approximate surface area is 124 Å². The molecular weight excluding hydrogens is 306 g/mol. The summed E-state index contributed by atoms with van der Waals surface area (Å²) in [7, 11) is 1.65. The van der Waals surface area contributed by atoms with Crippen molar-refractivity contribution in [2.24, 2.45) is 5.92 Å². The average Bonchev–Trinajstić information content (AvgIpc) is 2.36. The van der Waals surface area contributed by atoms with Crippen LogP contribution in [0.5, 0.6) is 11.5 Å². The minimum absolute atomic E-state index is 0.458. The molecule has 0 aliphatic heterocycles. The Morgan fingerprint density at radius 3 is 2.74 bits per heavy atom. The summed E-state index contributed by atoms with van der Waals surface area (Å²) in [6.45, 7) is 10.3. The molecule has 0 spiro atoms. The van der Waals surface area contributed by atoms with Crippen LogP contribution in [0.15, 0.2) is 29.3 Å². The topological polar surface area (TPSA) is 30.5 Å². The largest absolute Gasteiger partial charge is 0.493 e. The van der Waals surface area contributed by atoms with Gasteiger partial charge in [-0.05, 0) is 46.1 Å². The number of hydrogen-bond acceptors (Lipinski definition) is 3. The molecule has 0 fully saturated rings. The molecule has 1 rings (SSSR count). The standard InChI is InChI=1S/C15H22BrNO2/c1-5-6-19-15-13(16)7-12(8-14(15)18-4)10-17-9-11(2)3/h5,7-8,11,17H,1,6,9-10H2,2-4H3. The van der Waals surface area contributed by atoms with E-state index in [2.05, 4.69) is 41.7 Å². The van der Waals surface area contributed by atoms with E-state index in [0.29, 0.717) is 12.5 Å². The lowest BCUT2D eigenvalue weighted by molar-refractivity contribution is 0.324. The van der Waals surface area contributed by atoms with Crippen molar-refractivity contribution in [3.63, 3.8) is 0 Å². The van der Waals surface area contributed by atoms with Gasteiger partial charge in [0.05, 0.1) is 11.6 Å². The predicted molar refractivity (Wildman–Crippen MR) is 82.9 cm³/mol. The second kappa shape index (κ2) is 8.23. The van der Waals surface area contributed by atoms with Crippen LogP contribution >= 0.6 is 15.9 Å². The van der Waals surface area contributed by atoms with Crippen LogP contribution in [0, 0.1) is 5.92 Å². The number of nitrogens with one attached hydrogen (secondary N) is 1. The van der Waals surface area contributed by atoms with E-state index in [1.54, 1.807) is 13.2 Å². The molecule has 0 bridgehead atoms. The van der Waals surface area contributed by atoms with E-state index >= 15 is 0 Å². The molecule has 1 aromatic rings. The van der Waals surface area contributed by atoms with Crippen molar-refractivity contribution < 1.29 is 9.47 Å². The number of hydrogen-bond donors (Lipinski definition) is 1. The zero-order chi connectivity index (χ0) is 14.3. The molecule has 3 nitrogen and oxygen atoms in total. The van der Waals surface area contributed by atoms with E-state index in [0.717, 1.165) is 34.6 Å². The lowest BCUT2D eigenvalue weighted by Gasteiger charge is -2.14. The van der Waals surface area contributed by atoms with Gasteiger partial charge in [0.1, 0.15) is 6.61 Å². The summed E-state index contributed by atoms with van der Waals surface area (Å²) < 4.78 is 11.9. The minimum atomic E-state index is 0.458. The number of methoxy groups -OCH3 is 1. The monoisotopic (exact) mass is 327 g/mol. The summed E-state index contributed by atoms with van der Waals surface area (Å²) >= 11 is 3.52. The zero-order valence-corrected chi connectivity index (χ0v) is 13.4. The molecule has 1 aromatic carbocycles. The van der Waals surface area contributed by atoms with Crippen molar-refractivity contribution in [2.75, 3.05) is 20.3 Å². The van der Waals surface area contributed by atoms with Crippen LogP contribution in [0.2, 0.25) is 0 Å². The fraction of sp³-hybridized carbons (Fsp3) is 0.467. The molecule has 0 aliphatic rings. The Kier molecular flexibility index (Phi) is 6.95. The van der Waals surface area contributed by atoms with Gasteiger partial charge in [0, 0.05) is 6.54 Å². The van der Waals surface area contributed by atoms with Crippen LogP contribution in [0.4, 0.5) is 0 Å². The van der Waals surface area contributed by atoms with E-state index in [-0.39, 0.29) is 0 Å². The summed E-state index contributed by atoms with van der Waals surface area (Å²) in [5, 5.41) is 3.41. The van der Waals surface area contributed by atoms with Crippen molar-refractivity contribution in [3.8, 4) is 11.5 Å². The molecular formula is C15H22BrNO2. The van der Waals surface area contributed by atoms with Crippen molar-refractivity contribution >= 4 is 15.9 Å². The first-order valence-corrected chi connectivity index (χ1v) is 7.18. The van der Waals surface area contributed by atoms with Crippen LogP contribution in [-0.4, -0.2) is 20.3 Å². The summed E-state index contributed by atoms with van der Waals surface area (Å²) in [5.74, 6) is 2.09. The number of ether oxygens (including phenoxy) is 2. The highest BCUT2D eigenvalue weighted by molar-refractivity contribution is 9.10. The van der Waals surface area contributed by atoms with Crippen molar-refractivity contribution in [1.82, 2.24) is 5.32 Å². The third-order valence-corrected chi connectivity index (χ3v) is 3.11. The van der Waals surface area contributed by atoms with Gasteiger partial charge in [0.25, 0.3) is 0 Å². The SMILES string of the molecule is C=CCOc1c(Br)cc(CNCC(C)C)cc1OC. The highest BCUT2D eigenvalue weighted by atomic mass is 79.9. The molecule has 0 aliphatic carbocycles. The van der Waals surface area contributed by atoms with Gasteiger partial charge in [0.2, 0.25) is 0 Å². The lowest BCUT2D eigenvalue weighted by atomic mass is 10.2. The molecule has 0 saturated carbocycles. The fourth-order valence-corrected chi connectivity index (χ4v) is 2.27. The molecule has 0 saturated heterocycles. The Morgan fingerprint density at radius 2 is 2.16 bits per heavy atom. The Bertz CT molecular complexity index is 419. The maximum absolute atomic E-state index is 5.60. The van der Waals surface area contributed by atoms with Gasteiger partial charge >= 0.3 is 0 Å². The average molecular weight is 328 g/mol. The van der Waals surface area contributed by atoms with Crippen molar-refractivity contribution in [1.29, 1.82) is 0 Å². The van der Waals surface area contributed by atoms with Gasteiger partial charge in [-0.25, -0.2) is 0 Å². The summed E-state index contributed by atoms with van der Waals surface area (Å²) in [6.07, 6.45) is 1.71. The normalized spacial score (nSPS) is 10.6. The molecule has 0 radical (unpaired) electrons. The number of halogens is 1. The highest BCUT2D eigenvalue weighted by Gasteiger charge is 2.11. The van der Waals surface area contributed by atoms with E-state index in [1.165, 1.54) is 0 Å². The summed E-state index contributed by atoms with van der Waals surface area (Å²) in [4.78, 5) is 0. The molecule has 0 atom stereocenters. The lowest BCUT2D eigenvalue weighted by Crippen LogP contribution is -2.19. The van der Waals surface area contributed by atoms with Gasteiger partial charge in [-0.2, -0.15) is 0 Å². The van der Waals surface area contributed by atoms with E-state index in [1.807, 2.05) is 12.1 Å². The van der Waals surface area contributed by atoms with Gasteiger partial charge < -0.3 is 14.8 Å². The van der Waals surface area contributed by atoms with Crippen LogP contribution in [0.25, 0.3) is 0 Å². The van der Waals surface area contributed by atoms with E-state index in [4.69, 9.17) is 9.47 Å². The van der Waals surface area contributed by atoms with Crippen LogP contribution < -0.4 is 14.8 Å². The Balaban J connectivity index is 2.80. The Hall–Kier alpha value is -1.00. The molecule has 106 valence electrons. The molecule has 1 N–H and O–H groups in total. The number of benzene rings is 1. The minimum Gasteiger partial charge on any atom is -0.493 e. The fourth-order valence-electron chi connectivity index (χ4n) is 1.66. The quantitative estimate of drug-likeness (QED) is 0.737. The molecule has 0 unspecified atom stereocenters. The third kappa shape index (κ3) is 5.25. The van der Waals surface area contributed by atoms with Gasteiger partial charge in [-0.1, -0.05) is 26.5 Å². The molecule has 19 heavy (non-hydrogen) atoms. The first-order chi connectivity index (χ1) is 9.08. The van der Waals surface area contributed by atoms with Gasteiger partial charge in [-0.15, -0.1) is 0 Å². The van der Waals surface area contributed by atoms with E-state index < -0.39 is 0 Å². The zero-order valence-electron chi connectivity index (χ0n) is 11.8. The third-order valence-electron chi connectivity index (χ3n) is 2.52. The first-order valence-electron chi connectivity index (χ1n) is 6.39. The smallest absolute Gasteiger partial charge is 0.175 e. The van der Waals surface area contributed by atoms with Gasteiger partial charge in [0.15, 0.2) is 11.5 Å². The van der Waals surface area contributed by atoms with Crippen molar-refractivity contribution in [2.45, 2.75) is 20.4 Å². The number of rotatable bonds is 8. The van der Waals surface area contributed by atoms with Crippen LogP contribution in [0.1, 0.15) is 19.4 Å². The second-order valence-electron chi connectivity index (χ2n) is 4.73. The predicted octanol–water partition coefficient (Wildman–Crippen LogP) is 3.77. The maximum atomic E-state index is 5.60. The molecule has 0 aromatic heterocycles. The molecule has 0 amide bonds. The van der Waals surface area contributed by atoms with E-state index in [9.17, 15) is 0 Å². The summed E-state index contributed by atoms with van der Waals surface area (Å²) in [5.41, 5.74) is 1.16. The highest BCUT2D eigenvalue weighted by Crippen LogP contribution is 2.36. The molecule has 0 heterocycles. The van der Waals surface area contributed by atoms with Crippen LogP contribution in [-0.2, 0) is 6.54 Å². The van der Waals surface area contributed by atoms with Gasteiger partial charge in [-0.3, -0.25) is 0 Å². The Morgan fingerprint density at radius 1 is 1.42 bits per heavy atom.